The van der Waals surface area contributed by atoms with Crippen molar-refractivity contribution in [3.8, 4) is 0 Å². The number of hydrogen-bond donors (Lipinski definition) is 1. The molecular weight excluding hydrogens is 294 g/mol. The zero-order valence-corrected chi connectivity index (χ0v) is 13.3. The zero-order chi connectivity index (χ0) is 12.7. The van der Waals surface area contributed by atoms with Crippen LogP contribution in [0.2, 0.25) is 0 Å². The fourth-order valence-electron chi connectivity index (χ4n) is 1.99. The quantitative estimate of drug-likeness (QED) is 0.817. The Labute approximate surface area is 118 Å². The van der Waals surface area contributed by atoms with Crippen molar-refractivity contribution in [2.45, 2.75) is 26.3 Å². The van der Waals surface area contributed by atoms with Gasteiger partial charge in [-0.3, -0.25) is 0 Å². The van der Waals surface area contributed by atoms with Crippen LogP contribution in [0, 0.1) is 5.92 Å². The van der Waals surface area contributed by atoms with Gasteiger partial charge in [0, 0.05) is 10.5 Å². The minimum Gasteiger partial charge on any atom is -0.314 e. The van der Waals surface area contributed by atoms with Crippen molar-refractivity contribution in [3.05, 3.63) is 34.3 Å². The summed E-state index contributed by atoms with van der Waals surface area (Å²) in [5, 5.41) is 3.61. The van der Waals surface area contributed by atoms with Gasteiger partial charge in [-0.2, -0.15) is 11.8 Å². The second kappa shape index (κ2) is 8.17. The van der Waals surface area contributed by atoms with Gasteiger partial charge in [0.25, 0.3) is 0 Å². The molecule has 0 radical (unpaired) electrons. The molecule has 1 rings (SSSR count). The minimum atomic E-state index is 0.577. The maximum Gasteiger partial charge on any atom is 0.0175 e. The smallest absolute Gasteiger partial charge is 0.0175 e. The van der Waals surface area contributed by atoms with E-state index in [-0.39, 0.29) is 0 Å². The molecule has 1 aromatic carbocycles. The lowest BCUT2D eigenvalue weighted by molar-refractivity contribution is 0.410. The number of thioether (sulfide) groups is 1. The Hall–Kier alpha value is 0.01000. The SMILES string of the molecule is CCNC(Cc1ccc(Br)cc1)C(C)CSC. The lowest BCUT2D eigenvalue weighted by Gasteiger charge is -2.24. The third kappa shape index (κ3) is 5.45. The molecule has 3 heteroatoms. The summed E-state index contributed by atoms with van der Waals surface area (Å²) < 4.78 is 1.15. The third-order valence-corrected chi connectivity index (χ3v) is 4.34. The van der Waals surface area contributed by atoms with Gasteiger partial charge in [0.1, 0.15) is 0 Å². The van der Waals surface area contributed by atoms with Crippen LogP contribution in [0.3, 0.4) is 0 Å². The lowest BCUT2D eigenvalue weighted by Crippen LogP contribution is -2.37. The van der Waals surface area contributed by atoms with Gasteiger partial charge >= 0.3 is 0 Å². The van der Waals surface area contributed by atoms with Crippen molar-refractivity contribution >= 4 is 27.7 Å². The molecule has 2 atom stereocenters. The van der Waals surface area contributed by atoms with Crippen LogP contribution in [0.15, 0.2) is 28.7 Å². The average molecular weight is 316 g/mol. The maximum atomic E-state index is 3.61. The first-order valence-corrected chi connectivity index (χ1v) is 8.32. The second-order valence-corrected chi connectivity index (χ2v) is 6.25. The molecule has 96 valence electrons. The van der Waals surface area contributed by atoms with Crippen LogP contribution in [0.25, 0.3) is 0 Å². The Morgan fingerprint density at radius 1 is 1.29 bits per heavy atom. The van der Waals surface area contributed by atoms with E-state index >= 15 is 0 Å². The van der Waals surface area contributed by atoms with E-state index in [9.17, 15) is 0 Å². The molecule has 0 saturated heterocycles. The van der Waals surface area contributed by atoms with Crippen LogP contribution in [-0.2, 0) is 6.42 Å². The molecule has 0 saturated carbocycles. The molecule has 1 nitrogen and oxygen atoms in total. The molecule has 17 heavy (non-hydrogen) atoms. The number of rotatable bonds is 7. The number of hydrogen-bond acceptors (Lipinski definition) is 2. The summed E-state index contributed by atoms with van der Waals surface area (Å²) >= 11 is 5.41. The number of nitrogens with one attached hydrogen (secondary N) is 1. The highest BCUT2D eigenvalue weighted by molar-refractivity contribution is 9.10. The predicted octanol–water partition coefficient (Wildman–Crippen LogP) is 3.97. The van der Waals surface area contributed by atoms with Gasteiger partial charge in [0.15, 0.2) is 0 Å². The number of halogens is 1. The van der Waals surface area contributed by atoms with E-state index < -0.39 is 0 Å². The average Bonchev–Trinajstić information content (AvgIpc) is 2.31. The fraction of sp³-hybridized carbons (Fsp3) is 0.571. The van der Waals surface area contributed by atoms with Gasteiger partial charge in [0.05, 0.1) is 0 Å². The minimum absolute atomic E-state index is 0.577. The first-order chi connectivity index (χ1) is 8.17. The standard InChI is InChI=1S/C14H22BrNS/c1-4-16-14(11(2)10-17-3)9-12-5-7-13(15)8-6-12/h5-8,11,14,16H,4,9-10H2,1-3H3. The van der Waals surface area contributed by atoms with Crippen molar-refractivity contribution in [2.24, 2.45) is 5.92 Å². The van der Waals surface area contributed by atoms with E-state index in [1.807, 2.05) is 11.8 Å². The van der Waals surface area contributed by atoms with Gasteiger partial charge in [-0.05, 0) is 48.6 Å². The van der Waals surface area contributed by atoms with E-state index in [1.165, 1.54) is 11.3 Å². The number of likely N-dealkylation sites (N-methyl/N-ethyl adjacent to an activating group) is 1. The Balaban J connectivity index is 2.62. The Kier molecular flexibility index (Phi) is 7.24. The molecule has 0 heterocycles. The predicted molar refractivity (Wildman–Crippen MR) is 82.9 cm³/mol. The van der Waals surface area contributed by atoms with Gasteiger partial charge in [-0.25, -0.2) is 0 Å². The highest BCUT2D eigenvalue weighted by atomic mass is 79.9. The molecule has 0 aliphatic rings. The van der Waals surface area contributed by atoms with E-state index in [1.54, 1.807) is 0 Å². The van der Waals surface area contributed by atoms with E-state index in [4.69, 9.17) is 0 Å². The Morgan fingerprint density at radius 2 is 1.94 bits per heavy atom. The highest BCUT2D eigenvalue weighted by Gasteiger charge is 2.16. The Morgan fingerprint density at radius 3 is 2.47 bits per heavy atom. The van der Waals surface area contributed by atoms with E-state index in [2.05, 4.69) is 65.6 Å². The zero-order valence-electron chi connectivity index (χ0n) is 10.9. The molecule has 0 amide bonds. The highest BCUT2D eigenvalue weighted by Crippen LogP contribution is 2.16. The molecule has 0 aromatic heterocycles. The first-order valence-electron chi connectivity index (χ1n) is 6.14. The van der Waals surface area contributed by atoms with Crippen LogP contribution < -0.4 is 5.32 Å². The van der Waals surface area contributed by atoms with Crippen LogP contribution in [0.1, 0.15) is 19.4 Å². The molecule has 2 unspecified atom stereocenters. The summed E-state index contributed by atoms with van der Waals surface area (Å²) in [6.45, 7) is 5.56. The van der Waals surface area contributed by atoms with E-state index in [0.717, 1.165) is 17.4 Å². The van der Waals surface area contributed by atoms with Crippen LogP contribution in [-0.4, -0.2) is 24.6 Å². The number of benzene rings is 1. The summed E-state index contributed by atoms with van der Waals surface area (Å²) in [5.41, 5.74) is 1.41. The molecule has 0 aliphatic heterocycles. The summed E-state index contributed by atoms with van der Waals surface area (Å²) in [5.74, 6) is 1.92. The fourth-order valence-corrected chi connectivity index (χ4v) is 3.01. The molecule has 1 N–H and O–H groups in total. The molecule has 0 aliphatic carbocycles. The van der Waals surface area contributed by atoms with Gasteiger partial charge in [0.2, 0.25) is 0 Å². The van der Waals surface area contributed by atoms with Crippen LogP contribution in [0.5, 0.6) is 0 Å². The second-order valence-electron chi connectivity index (χ2n) is 4.43. The van der Waals surface area contributed by atoms with Crippen molar-refractivity contribution in [1.29, 1.82) is 0 Å². The summed E-state index contributed by atoms with van der Waals surface area (Å²) in [4.78, 5) is 0. The van der Waals surface area contributed by atoms with Gasteiger partial charge < -0.3 is 5.32 Å². The molecule has 0 bridgehead atoms. The van der Waals surface area contributed by atoms with Crippen LogP contribution in [0.4, 0.5) is 0 Å². The van der Waals surface area contributed by atoms with Gasteiger partial charge in [-0.15, -0.1) is 0 Å². The van der Waals surface area contributed by atoms with Crippen molar-refractivity contribution in [3.63, 3.8) is 0 Å². The molecule has 0 spiro atoms. The first kappa shape index (κ1) is 15.1. The van der Waals surface area contributed by atoms with Gasteiger partial charge in [-0.1, -0.05) is 41.9 Å². The normalized spacial score (nSPS) is 14.6. The summed E-state index contributed by atoms with van der Waals surface area (Å²) in [6, 6.07) is 9.24. The molecule has 1 aromatic rings. The topological polar surface area (TPSA) is 12.0 Å². The maximum absolute atomic E-state index is 3.61. The van der Waals surface area contributed by atoms with Crippen molar-refractivity contribution in [2.75, 3.05) is 18.6 Å². The van der Waals surface area contributed by atoms with E-state index in [0.29, 0.717) is 12.0 Å². The van der Waals surface area contributed by atoms with Crippen LogP contribution >= 0.6 is 27.7 Å². The summed E-state index contributed by atoms with van der Waals surface area (Å²) in [6.07, 6.45) is 3.29. The molecule has 0 fully saturated rings. The lowest BCUT2D eigenvalue weighted by atomic mass is 9.96. The van der Waals surface area contributed by atoms with Crippen molar-refractivity contribution < 1.29 is 0 Å². The Bertz CT molecular complexity index is 313. The third-order valence-electron chi connectivity index (χ3n) is 2.95. The largest absolute Gasteiger partial charge is 0.314 e. The monoisotopic (exact) mass is 315 g/mol. The molecular formula is C14H22BrNS. The summed E-state index contributed by atoms with van der Waals surface area (Å²) in [7, 11) is 0. The van der Waals surface area contributed by atoms with Crippen molar-refractivity contribution in [1.82, 2.24) is 5.32 Å².